The molecule has 3 heteroatoms. The third-order valence-electron chi connectivity index (χ3n) is 11.2. The number of pyridine rings is 1. The van der Waals surface area contributed by atoms with Crippen LogP contribution >= 0.6 is 0 Å². The Labute approximate surface area is 339 Å². The van der Waals surface area contributed by atoms with Crippen LogP contribution in [0.15, 0.2) is 212 Å². The van der Waals surface area contributed by atoms with Gasteiger partial charge >= 0.3 is 0 Å². The van der Waals surface area contributed by atoms with Gasteiger partial charge in [-0.05, 0) is 138 Å². The van der Waals surface area contributed by atoms with Crippen LogP contribution in [0.5, 0.6) is 0 Å². The molecule has 1 heterocycles. The lowest BCUT2D eigenvalue weighted by Gasteiger charge is -2.18. The number of aromatic nitrogens is 1. The third-order valence-corrected chi connectivity index (χ3v) is 11.2. The van der Waals surface area contributed by atoms with E-state index >= 15 is 0 Å². The second-order valence-corrected chi connectivity index (χ2v) is 14.7. The van der Waals surface area contributed by atoms with E-state index in [1.807, 2.05) is 60.9 Å². The van der Waals surface area contributed by atoms with Crippen LogP contribution in [0.3, 0.4) is 0 Å². The minimum atomic E-state index is 0.195. The van der Waals surface area contributed by atoms with E-state index in [0.717, 1.165) is 72.5 Å². The van der Waals surface area contributed by atoms with Gasteiger partial charge in [-0.1, -0.05) is 152 Å². The molecule has 9 rings (SSSR count). The van der Waals surface area contributed by atoms with Crippen LogP contribution in [-0.4, -0.2) is 16.5 Å². The normalized spacial score (nSPS) is 12.1. The highest BCUT2D eigenvalue weighted by atomic mass is 14.8. The number of hydrogen-bond acceptors (Lipinski definition) is 2. The summed E-state index contributed by atoms with van der Waals surface area (Å²) in [5, 5.41) is 16.7. The highest BCUT2D eigenvalue weighted by Crippen LogP contribution is 2.39. The minimum absolute atomic E-state index is 0.195. The van der Waals surface area contributed by atoms with Crippen molar-refractivity contribution in [2.24, 2.45) is 4.99 Å². The van der Waals surface area contributed by atoms with Gasteiger partial charge in [0.05, 0.1) is 5.71 Å². The zero-order chi connectivity index (χ0) is 39.6. The lowest BCUT2D eigenvalue weighted by atomic mass is 9.88. The summed E-state index contributed by atoms with van der Waals surface area (Å²) in [6, 6.07) is 61.9. The largest absolute Gasteiger partial charge is 0.282 e. The zero-order valence-electron chi connectivity index (χ0n) is 32.6. The average Bonchev–Trinajstić information content (AvgIpc) is 3.29. The Morgan fingerprint density at radius 3 is 1.62 bits per heavy atom. The molecular formula is C55H41N3. The first kappa shape index (κ1) is 36.2. The molecule has 0 aliphatic heterocycles. The Kier molecular flexibility index (Phi) is 9.71. The van der Waals surface area contributed by atoms with Crippen LogP contribution in [0.1, 0.15) is 29.2 Å². The van der Waals surface area contributed by atoms with Crippen LogP contribution < -0.4 is 0 Å². The van der Waals surface area contributed by atoms with Gasteiger partial charge in [0.15, 0.2) is 5.84 Å². The maximum absolute atomic E-state index is 9.28. The van der Waals surface area contributed by atoms with Crippen LogP contribution in [0.4, 0.5) is 0 Å². The smallest absolute Gasteiger partial charge is 0.152 e. The number of aliphatic imine (C=N–C) groups is 1. The molecule has 0 amide bonds. The van der Waals surface area contributed by atoms with Gasteiger partial charge in [-0.25, -0.2) is 4.99 Å². The van der Waals surface area contributed by atoms with Crippen molar-refractivity contribution in [3.05, 3.63) is 229 Å². The molecule has 0 atom stereocenters. The number of benzene rings is 8. The van der Waals surface area contributed by atoms with Gasteiger partial charge in [-0.2, -0.15) is 0 Å². The summed E-state index contributed by atoms with van der Waals surface area (Å²) >= 11 is 0. The lowest BCUT2D eigenvalue weighted by molar-refractivity contribution is 1.33. The van der Waals surface area contributed by atoms with Crippen molar-refractivity contribution in [1.82, 2.24) is 4.98 Å². The monoisotopic (exact) mass is 743 g/mol. The number of hydrogen-bond donors (Lipinski definition) is 1. The minimum Gasteiger partial charge on any atom is -0.282 e. The van der Waals surface area contributed by atoms with Crippen molar-refractivity contribution in [2.75, 3.05) is 0 Å². The quantitative estimate of drug-likeness (QED) is 0.0716. The van der Waals surface area contributed by atoms with Gasteiger partial charge in [-0.3, -0.25) is 10.4 Å². The van der Waals surface area contributed by atoms with E-state index in [0.29, 0.717) is 0 Å². The first-order valence-electron chi connectivity index (χ1n) is 19.6. The molecule has 0 radical (unpaired) electrons. The summed E-state index contributed by atoms with van der Waals surface area (Å²) in [6.07, 6.45) is 5.57. The number of allylic oxidation sites excluding steroid dienone is 3. The Morgan fingerprint density at radius 1 is 0.500 bits per heavy atom. The molecule has 0 saturated heterocycles. The summed E-state index contributed by atoms with van der Waals surface area (Å²) in [5.74, 6) is 0.195. The third kappa shape index (κ3) is 6.84. The summed E-state index contributed by atoms with van der Waals surface area (Å²) in [6.45, 7) is 8.50. The Bertz CT molecular complexity index is 3050. The number of rotatable bonds is 8. The summed E-state index contributed by atoms with van der Waals surface area (Å²) in [4.78, 5) is 9.39. The van der Waals surface area contributed by atoms with Crippen molar-refractivity contribution in [2.45, 2.75) is 13.8 Å². The topological polar surface area (TPSA) is 49.1 Å². The second kappa shape index (κ2) is 15.6. The average molecular weight is 744 g/mol. The molecule has 0 unspecified atom stereocenters. The van der Waals surface area contributed by atoms with Gasteiger partial charge in [0.25, 0.3) is 0 Å². The maximum atomic E-state index is 9.28. The van der Waals surface area contributed by atoms with Crippen molar-refractivity contribution < 1.29 is 0 Å². The van der Waals surface area contributed by atoms with E-state index in [4.69, 9.17) is 4.99 Å². The first-order chi connectivity index (χ1) is 28.5. The number of nitrogens with one attached hydrogen (secondary N) is 1. The Balaban J connectivity index is 1.30. The highest BCUT2D eigenvalue weighted by molar-refractivity contribution is 6.26. The first-order valence-corrected chi connectivity index (χ1v) is 19.6. The molecule has 1 N–H and O–H groups in total. The van der Waals surface area contributed by atoms with E-state index in [1.54, 1.807) is 0 Å². The highest BCUT2D eigenvalue weighted by Gasteiger charge is 2.18. The fraction of sp³-hybridized carbons (Fsp3) is 0.0364. The molecule has 8 aromatic carbocycles. The predicted octanol–water partition coefficient (Wildman–Crippen LogP) is 14.3. The molecule has 0 spiro atoms. The zero-order valence-corrected chi connectivity index (χ0v) is 32.6. The number of nitrogens with zero attached hydrogens (tertiary/aromatic N) is 2. The number of fused-ring (bicyclic) bond motifs is 6. The van der Waals surface area contributed by atoms with E-state index in [2.05, 4.69) is 159 Å². The molecule has 9 aromatic rings. The molecule has 58 heavy (non-hydrogen) atoms. The summed E-state index contributed by atoms with van der Waals surface area (Å²) in [7, 11) is 0. The Morgan fingerprint density at radius 2 is 1.00 bits per heavy atom. The van der Waals surface area contributed by atoms with Gasteiger partial charge in [0, 0.05) is 23.5 Å². The molecule has 276 valence electrons. The standard InChI is InChI=1S/C55H41N3/c1-4-46(47-17-9-8-14-36(47)2)37(3)54(58-55(56)41-15-6-5-7-16-41)45-33-43(39-24-22-38(23-25-39)40-28-30-57-31-29-40)32-44(34-45)42-26-27-52-50-20-11-10-18-48(50)49-19-12-13-21-51(49)53(52)35-42/h4-35,56H,1H2,2-3H3/b46-37+,56-55?,58-54+. The van der Waals surface area contributed by atoms with E-state index < -0.39 is 0 Å². The van der Waals surface area contributed by atoms with E-state index in [9.17, 15) is 5.41 Å². The molecule has 0 saturated carbocycles. The molecule has 3 nitrogen and oxygen atoms in total. The molecule has 0 bridgehead atoms. The predicted molar refractivity (Wildman–Crippen MR) is 247 cm³/mol. The van der Waals surface area contributed by atoms with Crippen LogP contribution in [0, 0.1) is 12.3 Å². The second-order valence-electron chi connectivity index (χ2n) is 14.7. The number of aryl methyl sites for hydroxylation is 1. The number of amidine groups is 1. The van der Waals surface area contributed by atoms with Gasteiger partial charge in [-0.15, -0.1) is 0 Å². The van der Waals surface area contributed by atoms with Crippen molar-refractivity contribution in [3.8, 4) is 33.4 Å². The summed E-state index contributed by atoms with van der Waals surface area (Å²) < 4.78 is 0. The molecular weight excluding hydrogens is 703 g/mol. The van der Waals surface area contributed by atoms with Crippen molar-refractivity contribution in [3.63, 3.8) is 0 Å². The van der Waals surface area contributed by atoms with Gasteiger partial charge < -0.3 is 0 Å². The fourth-order valence-electron chi connectivity index (χ4n) is 8.19. The van der Waals surface area contributed by atoms with Crippen LogP contribution in [0.2, 0.25) is 0 Å². The van der Waals surface area contributed by atoms with E-state index in [-0.39, 0.29) is 5.84 Å². The molecule has 0 aliphatic rings. The van der Waals surface area contributed by atoms with Crippen LogP contribution in [0.25, 0.3) is 71.3 Å². The van der Waals surface area contributed by atoms with Crippen molar-refractivity contribution >= 4 is 49.4 Å². The van der Waals surface area contributed by atoms with Crippen LogP contribution in [-0.2, 0) is 0 Å². The fourth-order valence-corrected chi connectivity index (χ4v) is 8.19. The summed E-state index contributed by atoms with van der Waals surface area (Å²) in [5.41, 5.74) is 13.1. The Hall–Kier alpha value is -7.49. The maximum Gasteiger partial charge on any atom is 0.152 e. The van der Waals surface area contributed by atoms with Crippen molar-refractivity contribution in [1.29, 1.82) is 5.41 Å². The lowest BCUT2D eigenvalue weighted by Crippen LogP contribution is -2.10. The van der Waals surface area contributed by atoms with Gasteiger partial charge in [0.1, 0.15) is 0 Å². The van der Waals surface area contributed by atoms with Gasteiger partial charge in [0.2, 0.25) is 0 Å². The molecule has 0 aliphatic carbocycles. The molecule has 0 fully saturated rings. The SMILES string of the molecule is C=C/C(=C(C)\C(=N/C(=N)c1ccccc1)c1cc(-c2ccc(-c3ccncc3)cc2)cc(-c2ccc3c4ccccc4c4ccccc4c3c2)c1)c1ccccc1C. The molecule has 1 aromatic heterocycles. The van der Waals surface area contributed by atoms with E-state index in [1.165, 1.54) is 32.3 Å².